The van der Waals surface area contributed by atoms with Gasteiger partial charge in [-0.15, -0.1) is 0 Å². The zero-order chi connectivity index (χ0) is 60.8. The highest BCUT2D eigenvalue weighted by Crippen LogP contribution is 2.68. The number of ether oxygens (including phenoxy) is 7. The molecule has 17 N–H and O–H groups in total. The van der Waals surface area contributed by atoms with E-state index in [1.54, 1.807) is 0 Å². The highest BCUT2D eigenvalue weighted by molar-refractivity contribution is 6.22. The molecule has 6 aromatic rings. The first-order chi connectivity index (χ1) is 40.2. The van der Waals surface area contributed by atoms with E-state index in [9.17, 15) is 91.6 Å². The lowest BCUT2D eigenvalue weighted by Gasteiger charge is -2.47. The Kier molecular flexibility index (Phi) is 10.9. The van der Waals surface area contributed by atoms with E-state index in [1.807, 2.05) is 0 Å². The number of cyclic esters (lactones) is 1. The van der Waals surface area contributed by atoms with Crippen molar-refractivity contribution in [2.24, 2.45) is 5.92 Å². The molecule has 436 valence electrons. The van der Waals surface area contributed by atoms with Crippen LogP contribution in [-0.4, -0.2) is 165 Å². The maximum atomic E-state index is 15.8. The van der Waals surface area contributed by atoms with Gasteiger partial charge in [-0.3, -0.25) is 9.59 Å². The molecule has 9 atom stereocenters. The molecule has 7 heterocycles. The fourth-order valence-electron chi connectivity index (χ4n) is 12.4. The predicted octanol–water partition coefficient (Wildman–Crippen LogP) is 2.42. The molecule has 1 spiro atoms. The number of fused-ring (bicyclic) bond motifs is 10. The Morgan fingerprint density at radius 1 is 0.459 bits per heavy atom. The lowest BCUT2D eigenvalue weighted by molar-refractivity contribution is -0.200. The van der Waals surface area contributed by atoms with Crippen molar-refractivity contribution in [3.05, 3.63) is 92.7 Å². The summed E-state index contributed by atoms with van der Waals surface area (Å²) in [5, 5.41) is 192. The molecule has 1 aliphatic carbocycles. The minimum absolute atomic E-state index is 0.0522. The number of aliphatic hydroxyl groups is 2. The number of carbonyl (C=O) groups excluding carboxylic acids is 6. The van der Waals surface area contributed by atoms with Gasteiger partial charge < -0.3 is 120 Å². The molecule has 30 nitrogen and oxygen atoms in total. The summed E-state index contributed by atoms with van der Waals surface area (Å²) in [6, 6.07) is 5.15. The van der Waals surface area contributed by atoms with Gasteiger partial charge in [0.2, 0.25) is 34.4 Å². The van der Waals surface area contributed by atoms with Crippen LogP contribution >= 0.6 is 0 Å². The molecular weight excluding hydrogens is 1140 g/mol. The number of aromatic hydroxyl groups is 15. The minimum Gasteiger partial charge on any atom is -0.507 e. The highest BCUT2D eigenvalue weighted by Gasteiger charge is 2.76. The number of rotatable bonds is 1. The Morgan fingerprint density at radius 3 is 1.60 bits per heavy atom. The number of phenols is 15. The molecule has 0 amide bonds. The number of esters is 5. The number of phenolic OH excluding ortho intramolecular Hbond substituents is 15. The summed E-state index contributed by atoms with van der Waals surface area (Å²) in [7, 11) is 0. The molecular formula is C55H36O30. The van der Waals surface area contributed by atoms with Crippen LogP contribution in [0, 0.1) is 5.92 Å². The van der Waals surface area contributed by atoms with Crippen molar-refractivity contribution < 1.29 is 149 Å². The van der Waals surface area contributed by atoms with Crippen LogP contribution in [0.2, 0.25) is 0 Å². The molecule has 6 bridgehead atoms. The van der Waals surface area contributed by atoms with Crippen molar-refractivity contribution in [2.75, 3.05) is 6.61 Å². The quantitative estimate of drug-likeness (QED) is 0.0638. The Hall–Kier alpha value is -11.6. The van der Waals surface area contributed by atoms with E-state index in [1.165, 1.54) is 6.07 Å². The molecule has 1 unspecified atom stereocenters. The first-order valence-electron chi connectivity index (χ1n) is 24.8. The van der Waals surface area contributed by atoms with E-state index in [2.05, 4.69) is 0 Å². The van der Waals surface area contributed by atoms with E-state index in [4.69, 9.17) is 33.2 Å². The summed E-state index contributed by atoms with van der Waals surface area (Å²) >= 11 is 0. The lowest BCUT2D eigenvalue weighted by Crippen LogP contribution is -2.65. The van der Waals surface area contributed by atoms with Crippen molar-refractivity contribution in [3.63, 3.8) is 0 Å². The molecule has 14 rings (SSSR count). The standard InChI is InChI=1S/C55H36O30/c56-15-2-1-10(3-17(15)58)44-21(62)4-11-16(57)8-22-27(45(11)81-44)32-47-48-46-23(9-79-50(74)12-5-18(59)34(63)37(66)24(12)25-13(52(76)82-46)6-19(60)35(64)38(25)67)80-51(75)14-7-20(61)36(65)39(68)26(14)28-30(53(77)84-48)29(41(70)43(72)40(28)69)31-33(54(78)83-47)55(32,85-22)49(73)42(31)71/h1-3,5-8,21,23,32-33,44,46-48,56-72H,4,9H2/t21-,23+,32-,33+,44+,46+,47-,48-,55?/m0/s1. The van der Waals surface area contributed by atoms with Crippen molar-refractivity contribution in [1.82, 2.24) is 0 Å². The third-order valence-corrected chi connectivity index (χ3v) is 16.1. The van der Waals surface area contributed by atoms with Crippen molar-refractivity contribution in [1.29, 1.82) is 0 Å². The summed E-state index contributed by atoms with van der Waals surface area (Å²) in [5.74, 6) is -39.1. The van der Waals surface area contributed by atoms with Crippen molar-refractivity contribution in [3.8, 4) is 120 Å². The number of ketones is 1. The summed E-state index contributed by atoms with van der Waals surface area (Å²) in [6.07, 6.45) is -14.9. The maximum Gasteiger partial charge on any atom is 0.340 e. The van der Waals surface area contributed by atoms with Crippen LogP contribution in [0.25, 0.3) is 27.8 Å². The fourth-order valence-corrected chi connectivity index (χ4v) is 12.4. The van der Waals surface area contributed by atoms with Gasteiger partial charge in [-0.25, -0.2) is 19.2 Å². The van der Waals surface area contributed by atoms with Crippen molar-refractivity contribution >= 4 is 41.2 Å². The second-order valence-electron chi connectivity index (χ2n) is 20.5. The second kappa shape index (κ2) is 17.5. The van der Waals surface area contributed by atoms with Gasteiger partial charge >= 0.3 is 29.8 Å². The number of benzene rings is 6. The number of aliphatic hydroxyl groups excluding tert-OH is 2. The first-order valence-corrected chi connectivity index (χ1v) is 24.8. The second-order valence-corrected chi connectivity index (χ2v) is 20.5. The molecule has 85 heavy (non-hydrogen) atoms. The van der Waals surface area contributed by atoms with Gasteiger partial charge in [-0.1, -0.05) is 6.07 Å². The zero-order valence-corrected chi connectivity index (χ0v) is 42.0. The van der Waals surface area contributed by atoms with Gasteiger partial charge in [0.1, 0.15) is 35.9 Å². The third kappa shape index (κ3) is 6.83. The fraction of sp³-hybridized carbons (Fsp3) is 0.200. The maximum absolute atomic E-state index is 15.8. The van der Waals surface area contributed by atoms with Gasteiger partial charge in [0.25, 0.3) is 0 Å². The Morgan fingerprint density at radius 2 is 1.00 bits per heavy atom. The van der Waals surface area contributed by atoms with Crippen LogP contribution in [-0.2, 0) is 39.7 Å². The highest BCUT2D eigenvalue weighted by atomic mass is 16.6. The van der Waals surface area contributed by atoms with E-state index >= 15 is 24.0 Å². The van der Waals surface area contributed by atoms with Crippen LogP contribution in [0.5, 0.6) is 97.7 Å². The molecule has 6 aromatic carbocycles. The Labute approximate surface area is 468 Å². The van der Waals surface area contributed by atoms with Crippen LogP contribution in [0.1, 0.15) is 75.7 Å². The normalized spacial score (nSPS) is 25.0. The van der Waals surface area contributed by atoms with Gasteiger partial charge in [-0.2, -0.15) is 0 Å². The van der Waals surface area contributed by atoms with E-state index in [-0.39, 0.29) is 11.1 Å². The molecule has 30 heteroatoms. The monoisotopic (exact) mass is 1180 g/mol. The van der Waals surface area contributed by atoms with Crippen LogP contribution in [0.4, 0.5) is 0 Å². The van der Waals surface area contributed by atoms with Gasteiger partial charge in [-0.05, 0) is 35.9 Å². The van der Waals surface area contributed by atoms with Gasteiger partial charge in [0.05, 0.1) is 34.3 Å². The average Bonchev–Trinajstić information content (AvgIpc) is 1.55. The molecule has 8 aliphatic rings. The summed E-state index contributed by atoms with van der Waals surface area (Å²) in [6.45, 7) is -1.57. The molecule has 1 saturated heterocycles. The topological polar surface area (TPSA) is 511 Å². The third-order valence-electron chi connectivity index (χ3n) is 16.1. The smallest absolute Gasteiger partial charge is 0.340 e. The molecule has 7 aliphatic heterocycles. The molecule has 0 radical (unpaired) electrons. The lowest BCUT2D eigenvalue weighted by atomic mass is 9.66. The number of carbonyl (C=O) groups is 6. The van der Waals surface area contributed by atoms with Gasteiger partial charge in [0, 0.05) is 57.0 Å². The molecule has 0 saturated carbocycles. The summed E-state index contributed by atoms with van der Waals surface area (Å²) < 4.78 is 42.7. The zero-order valence-electron chi connectivity index (χ0n) is 42.0. The van der Waals surface area contributed by atoms with E-state index < -0.39 is 267 Å². The van der Waals surface area contributed by atoms with E-state index in [0.29, 0.717) is 18.2 Å². The number of hydrogen-bond acceptors (Lipinski definition) is 30. The van der Waals surface area contributed by atoms with Gasteiger partial charge in [0.15, 0.2) is 87.7 Å². The average molecular weight is 1180 g/mol. The summed E-state index contributed by atoms with van der Waals surface area (Å²) in [4.78, 5) is 91.7. The Bertz CT molecular complexity index is 4230. The first kappa shape index (κ1) is 52.8. The molecule has 1 fully saturated rings. The minimum atomic E-state index is -3.14. The SMILES string of the molecule is O=C1OC[C@H]2OC(=O)c3cc(O)c(O)c(O)c3-c3c(O)c(O)c(O)c4c3C(=O)O[C@H]([C@H]3OC(=O)[C@H]5C4=C(O)C(=O)C54Oc5cc(O)c6c(c5[C@@H]34)O[C@H](c3ccc(O)c(O)c3)[C@@H](O)C6)[C@@H]2OC(=O)c2cc(O)c(O)c(O)c2-c2c1cc(O)c(O)c2O. The van der Waals surface area contributed by atoms with Crippen LogP contribution in [0.15, 0.2) is 48.2 Å². The molecule has 0 aromatic heterocycles. The van der Waals surface area contributed by atoms with Crippen LogP contribution in [0.3, 0.4) is 0 Å². The van der Waals surface area contributed by atoms with E-state index in [0.717, 1.165) is 18.2 Å². The largest absolute Gasteiger partial charge is 0.507 e. The van der Waals surface area contributed by atoms with Crippen LogP contribution < -0.4 is 9.47 Å². The number of hydrogen-bond donors (Lipinski definition) is 17. The number of Topliss-reactive ketones (excluding diaryl/α,β-unsaturated/α-hetero) is 1. The predicted molar refractivity (Wildman–Crippen MR) is 267 cm³/mol. The Balaban J connectivity index is 1.15. The summed E-state index contributed by atoms with van der Waals surface area (Å²) in [5.41, 5.74) is -16.7. The van der Waals surface area contributed by atoms with Crippen molar-refractivity contribution in [2.45, 2.75) is 54.6 Å².